The molecule has 1 amide bonds. The number of hydrogen-bond donors (Lipinski definition) is 7. The second kappa shape index (κ2) is 22.2. The van der Waals surface area contributed by atoms with E-state index < -0.39 is 5.56 Å². The normalized spacial score (nSPS) is 10.3. The quantitative estimate of drug-likeness (QED) is 0.0458. The van der Waals surface area contributed by atoms with Crippen LogP contribution in [0.4, 0.5) is 17.3 Å². The largest absolute Gasteiger partial charge is 0.508 e. The van der Waals surface area contributed by atoms with Gasteiger partial charge in [0.25, 0.3) is 11.5 Å². The summed E-state index contributed by atoms with van der Waals surface area (Å²) >= 11 is 5.47. The molecular weight excluding hydrogens is 835 g/mol. The molecule has 3 heterocycles. The molecule has 2 aliphatic rings. The average molecular weight is 872 g/mol. The maximum atomic E-state index is 12.6. The van der Waals surface area contributed by atoms with Crippen molar-refractivity contribution in [2.75, 3.05) is 29.5 Å². The van der Waals surface area contributed by atoms with Gasteiger partial charge in [-0.1, -0.05) is 12.1 Å². The van der Waals surface area contributed by atoms with Gasteiger partial charge in [-0.3, -0.25) is 24.2 Å². The maximum Gasteiger partial charge on any atom is 0.373 e. The van der Waals surface area contributed by atoms with Crippen molar-refractivity contribution >= 4 is 80.8 Å². The number of nitrogens with zero attached hydrogens (tertiary/aromatic N) is 3. The molecule has 8 N–H and O–H groups in total. The molecule has 0 bridgehead atoms. The average Bonchev–Trinajstić information content (AvgIpc) is 3.26. The number of thiocarbonyl (C=S) groups is 1. The summed E-state index contributed by atoms with van der Waals surface area (Å²) in [6.45, 7) is 1.18. The number of carbonyl (C=O) groups excluding carboxylic acids is 6. The fraction of sp³-hybridized carbons (Fsp3) is 0.163. The Kier molecular flexibility index (Phi) is 16.1. The molecule has 0 unspecified atom stereocenters. The third-order valence-electron chi connectivity index (χ3n) is 9.05. The lowest BCUT2D eigenvalue weighted by Crippen LogP contribution is -2.29. The predicted molar refractivity (Wildman–Crippen MR) is 232 cm³/mol. The summed E-state index contributed by atoms with van der Waals surface area (Å²) in [4.78, 5) is 96.5. The lowest BCUT2D eigenvalue weighted by atomic mass is 9.93. The van der Waals surface area contributed by atoms with Gasteiger partial charge < -0.3 is 36.5 Å². The summed E-state index contributed by atoms with van der Waals surface area (Å²) in [5, 5.41) is 23.6. The number of phenolic OH excluding ortho intramolecular Hbond substituents is 1. The smallest absolute Gasteiger partial charge is 0.373 e. The molecule has 1 aliphatic carbocycles. The predicted octanol–water partition coefficient (Wildman–Crippen LogP) is 4.17. The van der Waals surface area contributed by atoms with E-state index in [1.165, 1.54) is 24.4 Å². The number of phenols is 1. The SMILES string of the molecule is Nc1nc2ncc(CNc3ccc(C(=O)NCCCC(=O)CCCNC(=S)Nc4ccc(-c5c6ccc(=O)cc-6oc6cc(O)ccc56)cc4)cc3)nc2c(=O)[nH]1.O=C=O.O=C=O. The van der Waals surface area contributed by atoms with Crippen molar-refractivity contribution in [3.05, 3.63) is 123 Å². The van der Waals surface area contributed by atoms with Crippen LogP contribution in [0.1, 0.15) is 41.7 Å². The number of rotatable bonds is 14. The zero-order valence-corrected chi connectivity index (χ0v) is 33.9. The highest BCUT2D eigenvalue weighted by atomic mass is 32.1. The highest BCUT2D eigenvalue weighted by Gasteiger charge is 2.18. The highest BCUT2D eigenvalue weighted by molar-refractivity contribution is 7.80. The van der Waals surface area contributed by atoms with Crippen molar-refractivity contribution in [3.63, 3.8) is 0 Å². The van der Waals surface area contributed by atoms with E-state index in [9.17, 15) is 24.3 Å². The number of H-pyrrole nitrogens is 1. The van der Waals surface area contributed by atoms with E-state index in [4.69, 9.17) is 41.5 Å². The fourth-order valence-electron chi connectivity index (χ4n) is 6.26. The summed E-state index contributed by atoms with van der Waals surface area (Å²) in [5.41, 5.74) is 10.7. The van der Waals surface area contributed by atoms with Crippen LogP contribution in [0.25, 0.3) is 44.6 Å². The summed E-state index contributed by atoms with van der Waals surface area (Å²) < 4.78 is 5.94. The van der Waals surface area contributed by atoms with Crippen LogP contribution in [0, 0.1) is 0 Å². The van der Waals surface area contributed by atoms with Crippen molar-refractivity contribution in [2.45, 2.75) is 32.2 Å². The molecule has 1 aliphatic heterocycles. The number of nitrogens with one attached hydrogen (secondary N) is 5. The van der Waals surface area contributed by atoms with Gasteiger partial charge in [0.05, 0.1) is 18.4 Å². The van der Waals surface area contributed by atoms with Crippen molar-refractivity contribution in [1.29, 1.82) is 0 Å². The van der Waals surface area contributed by atoms with Gasteiger partial charge in [-0.2, -0.15) is 24.2 Å². The topological polar surface area (TPSA) is 299 Å². The van der Waals surface area contributed by atoms with Crippen molar-refractivity contribution in [1.82, 2.24) is 30.6 Å². The number of nitrogens with two attached hydrogens (primary N) is 1. The number of fused-ring (bicyclic) bond motifs is 3. The fourth-order valence-corrected chi connectivity index (χ4v) is 6.48. The molecule has 7 rings (SSSR count). The molecule has 0 spiro atoms. The molecule has 2 aromatic heterocycles. The van der Waals surface area contributed by atoms with Crippen LogP contribution in [0.5, 0.6) is 5.75 Å². The van der Waals surface area contributed by atoms with Crippen LogP contribution in [0.2, 0.25) is 0 Å². The molecule has 0 radical (unpaired) electrons. The maximum absolute atomic E-state index is 12.6. The number of amides is 1. The molecule has 320 valence electrons. The number of aromatic amines is 1. The first-order valence-electron chi connectivity index (χ1n) is 18.9. The van der Waals surface area contributed by atoms with Crippen LogP contribution >= 0.6 is 12.2 Å². The summed E-state index contributed by atoms with van der Waals surface area (Å²) in [7, 11) is 0. The molecule has 0 atom stereocenters. The van der Waals surface area contributed by atoms with Crippen LogP contribution < -0.4 is 38.0 Å². The van der Waals surface area contributed by atoms with E-state index in [0.717, 1.165) is 33.5 Å². The van der Waals surface area contributed by atoms with Gasteiger partial charge in [0.1, 0.15) is 22.9 Å². The Balaban J connectivity index is 0.00000118. The van der Waals surface area contributed by atoms with Gasteiger partial charge >= 0.3 is 12.3 Å². The van der Waals surface area contributed by atoms with Gasteiger partial charge in [-0.15, -0.1) is 0 Å². The zero-order chi connectivity index (χ0) is 45.3. The van der Waals surface area contributed by atoms with Gasteiger partial charge in [0, 0.05) is 71.5 Å². The second-order valence-electron chi connectivity index (χ2n) is 13.4. The molecule has 0 saturated carbocycles. The third-order valence-corrected chi connectivity index (χ3v) is 9.30. The Hall–Kier alpha value is -8.44. The first-order chi connectivity index (χ1) is 30.4. The number of ketones is 1. The van der Waals surface area contributed by atoms with Crippen molar-refractivity contribution in [3.8, 4) is 28.2 Å². The zero-order valence-electron chi connectivity index (χ0n) is 33.1. The Bertz CT molecular complexity index is 2900. The standard InChI is InChI=1S/C41H37N9O6S.2CO2/c42-40-49-37-36(39(55)50-40)47-27(22-46-37)21-45-25-9-7-24(8-10-25)38(54)43-17-1-3-28(51)4-2-18-44-41(57)48-26-11-5-23(6-12-26)35-31-15-13-29(52)19-33(31)56-34-20-30(53)14-16-32(34)35;2*2-1-3/h5-16,19-20,22,45,52H,1-4,17-18,21H2,(H,43,54)(H2,44,48,57)(H3,42,46,49,50,55);;. The molecule has 20 heteroatoms. The van der Waals surface area contributed by atoms with E-state index in [1.54, 1.807) is 42.5 Å². The third kappa shape index (κ3) is 12.8. The van der Waals surface area contributed by atoms with E-state index in [2.05, 4.69) is 41.2 Å². The number of aromatic hydroxyl groups is 1. The lowest BCUT2D eigenvalue weighted by molar-refractivity contribution is -0.193. The first-order valence-corrected chi connectivity index (χ1v) is 19.3. The number of hydrogen-bond acceptors (Lipinski definition) is 16. The molecular formula is C43H37N9O10S. The highest BCUT2D eigenvalue weighted by Crippen LogP contribution is 2.40. The van der Waals surface area contributed by atoms with Crippen LogP contribution in [0.3, 0.4) is 0 Å². The van der Waals surface area contributed by atoms with Gasteiger partial charge in [0.15, 0.2) is 21.7 Å². The Labute approximate surface area is 361 Å². The van der Waals surface area contributed by atoms with Crippen LogP contribution in [-0.2, 0) is 30.5 Å². The number of Topliss-reactive ketones (excluding diaryl/α,β-unsaturated/α-hetero) is 1. The lowest BCUT2D eigenvalue weighted by Gasteiger charge is -2.16. The minimum atomic E-state index is -0.465. The molecule has 0 fully saturated rings. The Morgan fingerprint density at radius 1 is 0.825 bits per heavy atom. The number of anilines is 3. The Morgan fingerprint density at radius 2 is 1.49 bits per heavy atom. The Morgan fingerprint density at radius 3 is 2.19 bits per heavy atom. The van der Waals surface area contributed by atoms with E-state index in [-0.39, 0.29) is 52.3 Å². The van der Waals surface area contributed by atoms with E-state index in [1.807, 2.05) is 24.3 Å². The van der Waals surface area contributed by atoms with Crippen molar-refractivity contribution < 1.29 is 38.3 Å². The van der Waals surface area contributed by atoms with Crippen molar-refractivity contribution in [2.24, 2.45) is 0 Å². The van der Waals surface area contributed by atoms with E-state index >= 15 is 0 Å². The van der Waals surface area contributed by atoms with Gasteiger partial charge in [0.2, 0.25) is 5.95 Å². The van der Waals surface area contributed by atoms with Gasteiger partial charge in [-0.25, -0.2) is 9.97 Å². The molecule has 63 heavy (non-hydrogen) atoms. The summed E-state index contributed by atoms with van der Waals surface area (Å²) in [6.07, 6.45) is 3.87. The molecule has 0 saturated heterocycles. The number of carbonyl (C=O) groups is 2. The summed E-state index contributed by atoms with van der Waals surface area (Å²) in [5.74, 6) is 0.335. The second-order valence-corrected chi connectivity index (χ2v) is 13.8. The monoisotopic (exact) mass is 871 g/mol. The van der Waals surface area contributed by atoms with Crippen LogP contribution in [0.15, 0.2) is 105 Å². The molecule has 3 aromatic carbocycles. The number of nitrogen functional groups attached to an aromatic ring is 1. The number of benzene rings is 4. The summed E-state index contributed by atoms with van der Waals surface area (Å²) in [6, 6.07) is 24.2. The minimum absolute atomic E-state index is 0.0272. The molecule has 19 nitrogen and oxygen atoms in total. The van der Waals surface area contributed by atoms with Crippen LogP contribution in [-0.4, -0.2) is 67.2 Å². The molecule has 5 aromatic rings. The van der Waals surface area contributed by atoms with Gasteiger partial charge in [-0.05, 0) is 91.3 Å². The van der Waals surface area contributed by atoms with E-state index in [0.29, 0.717) is 73.0 Å². The minimum Gasteiger partial charge on any atom is -0.508 e. The first kappa shape index (κ1) is 45.6. The number of aromatic nitrogens is 4.